The van der Waals surface area contributed by atoms with Gasteiger partial charge in [-0.15, -0.1) is 0 Å². The summed E-state index contributed by atoms with van der Waals surface area (Å²) >= 11 is 6.02. The Morgan fingerprint density at radius 2 is 1.80 bits per heavy atom. The van der Waals surface area contributed by atoms with E-state index >= 15 is 0 Å². The number of esters is 1. The molecule has 3 aromatic rings. The Kier molecular flexibility index (Phi) is 11.6. The molecule has 0 aliphatic carbocycles. The van der Waals surface area contributed by atoms with Gasteiger partial charge in [0.2, 0.25) is 5.91 Å². The summed E-state index contributed by atoms with van der Waals surface area (Å²) in [5.74, 6) is -1.64. The van der Waals surface area contributed by atoms with E-state index in [1.54, 1.807) is 42.4 Å². The number of likely N-dealkylation sites (tertiary alicyclic amines) is 1. The number of hydrogen-bond acceptors (Lipinski definition) is 9. The molecule has 1 atom stereocenters. The van der Waals surface area contributed by atoms with Crippen LogP contribution in [0.3, 0.4) is 0 Å². The number of unbranched alkanes of at least 4 members (excludes halogenated alkanes) is 2. The van der Waals surface area contributed by atoms with Gasteiger partial charge in [0.05, 0.1) is 35.5 Å². The van der Waals surface area contributed by atoms with Crippen molar-refractivity contribution >= 4 is 56.0 Å². The fraction of sp³-hybridized carbons (Fsp3) is 0.500. The number of benzene rings is 2. The molecule has 2 aliphatic heterocycles. The van der Waals surface area contributed by atoms with E-state index in [2.05, 4.69) is 11.9 Å². The molecule has 5 rings (SSSR count). The number of carbonyl (C=O) groups excluding carboxylic acids is 4. The highest BCUT2D eigenvalue weighted by Crippen LogP contribution is 2.28. The van der Waals surface area contributed by atoms with Crippen molar-refractivity contribution in [2.75, 3.05) is 32.4 Å². The number of carbonyl (C=O) groups is 4. The molecule has 3 amide bonds. The summed E-state index contributed by atoms with van der Waals surface area (Å²) in [7, 11) is -2.31. The molecule has 1 N–H and O–H groups in total. The number of piperidine rings is 1. The summed E-state index contributed by atoms with van der Waals surface area (Å²) < 4.78 is 32.9. The molecule has 1 saturated heterocycles. The molecule has 264 valence electrons. The van der Waals surface area contributed by atoms with Gasteiger partial charge >= 0.3 is 12.0 Å². The SMILES string of the molecule is CCCCCC(=O)N(C)CCC(=O)OCc1ncc2n1C(=O)N(C1CCN(C(=O)[C@H](O)CS(=O)(=O)c3ccc4cc(Cl)ccc4c3)CC1)C2. The molecule has 0 bridgehead atoms. The number of amides is 3. The van der Waals surface area contributed by atoms with Crippen molar-refractivity contribution in [1.29, 1.82) is 0 Å². The lowest BCUT2D eigenvalue weighted by atomic mass is 10.0. The molecule has 15 heteroatoms. The maximum atomic E-state index is 13.4. The van der Waals surface area contributed by atoms with Gasteiger partial charge in [-0.3, -0.25) is 14.4 Å². The summed E-state index contributed by atoms with van der Waals surface area (Å²) in [4.78, 5) is 60.0. The number of halogens is 1. The predicted molar refractivity (Wildman–Crippen MR) is 181 cm³/mol. The number of aromatic nitrogens is 2. The number of hydrogen-bond donors (Lipinski definition) is 1. The maximum Gasteiger partial charge on any atom is 0.330 e. The molecule has 3 heterocycles. The molecule has 0 radical (unpaired) electrons. The number of sulfone groups is 1. The van der Waals surface area contributed by atoms with E-state index < -0.39 is 33.6 Å². The number of nitrogens with zero attached hydrogens (tertiary/aromatic N) is 5. The first kappa shape index (κ1) is 36.3. The van der Waals surface area contributed by atoms with Gasteiger partial charge in [-0.2, -0.15) is 0 Å². The van der Waals surface area contributed by atoms with E-state index in [0.717, 1.165) is 24.6 Å². The minimum Gasteiger partial charge on any atom is -0.457 e. The molecule has 0 spiro atoms. The molecule has 2 aromatic carbocycles. The number of rotatable bonds is 14. The van der Waals surface area contributed by atoms with E-state index in [4.69, 9.17) is 16.3 Å². The first-order chi connectivity index (χ1) is 23.4. The predicted octanol–water partition coefficient (Wildman–Crippen LogP) is 3.77. The van der Waals surface area contributed by atoms with Crippen LogP contribution in [0.15, 0.2) is 47.5 Å². The monoisotopic (exact) mass is 715 g/mol. The summed E-state index contributed by atoms with van der Waals surface area (Å²) in [6, 6.07) is 9.16. The molecule has 49 heavy (non-hydrogen) atoms. The molecular formula is C34H42ClN5O8S. The summed E-state index contributed by atoms with van der Waals surface area (Å²) in [5.41, 5.74) is 0.657. The van der Waals surface area contributed by atoms with Crippen molar-refractivity contribution in [3.63, 3.8) is 0 Å². The highest BCUT2D eigenvalue weighted by atomic mass is 35.5. The molecule has 1 aromatic heterocycles. The average Bonchev–Trinajstić information content (AvgIpc) is 3.64. The van der Waals surface area contributed by atoms with Crippen molar-refractivity contribution < 1.29 is 37.4 Å². The zero-order valence-electron chi connectivity index (χ0n) is 27.7. The second kappa shape index (κ2) is 15.7. The van der Waals surface area contributed by atoms with Crippen molar-refractivity contribution in [3.8, 4) is 0 Å². The Morgan fingerprint density at radius 3 is 2.53 bits per heavy atom. The number of fused-ring (bicyclic) bond motifs is 2. The quantitative estimate of drug-likeness (QED) is 0.194. The fourth-order valence-electron chi connectivity index (χ4n) is 6.22. The highest BCUT2D eigenvalue weighted by Gasteiger charge is 2.38. The number of aliphatic hydroxyl groups is 1. The van der Waals surface area contributed by atoms with Crippen LogP contribution in [-0.2, 0) is 42.1 Å². The maximum absolute atomic E-state index is 13.4. The summed E-state index contributed by atoms with van der Waals surface area (Å²) in [5, 5.41) is 12.6. The van der Waals surface area contributed by atoms with Crippen LogP contribution in [0.25, 0.3) is 10.8 Å². The van der Waals surface area contributed by atoms with Gasteiger partial charge in [0.1, 0.15) is 12.7 Å². The molecular weight excluding hydrogens is 674 g/mol. The van der Waals surface area contributed by atoms with Crippen LogP contribution in [0.4, 0.5) is 4.79 Å². The van der Waals surface area contributed by atoms with E-state index in [9.17, 15) is 32.7 Å². The van der Waals surface area contributed by atoms with Crippen LogP contribution in [-0.4, -0.2) is 106 Å². The fourth-order valence-corrected chi connectivity index (χ4v) is 7.74. The average molecular weight is 716 g/mol. The Hall–Kier alpha value is -4.01. The van der Waals surface area contributed by atoms with Crippen molar-refractivity contribution in [2.24, 2.45) is 0 Å². The van der Waals surface area contributed by atoms with Crippen LogP contribution in [0.5, 0.6) is 0 Å². The number of aliphatic hydroxyl groups excluding tert-OH is 1. The molecule has 0 saturated carbocycles. The lowest BCUT2D eigenvalue weighted by Gasteiger charge is -2.37. The lowest BCUT2D eigenvalue weighted by Crippen LogP contribution is -2.50. The van der Waals surface area contributed by atoms with Gasteiger partial charge in [-0.1, -0.05) is 43.5 Å². The van der Waals surface area contributed by atoms with Gasteiger partial charge in [-0.05, 0) is 54.3 Å². The Morgan fingerprint density at radius 1 is 1.08 bits per heavy atom. The van der Waals surface area contributed by atoms with Gasteiger partial charge in [0, 0.05) is 44.2 Å². The van der Waals surface area contributed by atoms with E-state index in [1.807, 2.05) is 0 Å². The Balaban J connectivity index is 1.09. The minimum atomic E-state index is -3.97. The topological polar surface area (TPSA) is 159 Å². The van der Waals surface area contributed by atoms with Gasteiger partial charge in [0.25, 0.3) is 5.91 Å². The number of imidazole rings is 1. The van der Waals surface area contributed by atoms with Crippen molar-refractivity contribution in [1.82, 2.24) is 24.3 Å². The van der Waals surface area contributed by atoms with Crippen molar-refractivity contribution in [3.05, 3.63) is 59.1 Å². The summed E-state index contributed by atoms with van der Waals surface area (Å²) in [6.45, 7) is 2.92. The minimum absolute atomic E-state index is 0.00483. The normalized spacial score (nSPS) is 15.8. The zero-order valence-corrected chi connectivity index (χ0v) is 29.3. The lowest BCUT2D eigenvalue weighted by molar-refractivity contribution is -0.146. The van der Waals surface area contributed by atoms with E-state index in [1.165, 1.54) is 26.5 Å². The smallest absolute Gasteiger partial charge is 0.330 e. The van der Waals surface area contributed by atoms with Gasteiger partial charge < -0.3 is 24.5 Å². The van der Waals surface area contributed by atoms with Gasteiger partial charge in [0.15, 0.2) is 15.7 Å². The Bertz CT molecular complexity index is 1820. The van der Waals surface area contributed by atoms with Crippen LogP contribution in [0.2, 0.25) is 5.02 Å². The number of ether oxygens (including phenoxy) is 1. The van der Waals surface area contributed by atoms with Gasteiger partial charge in [-0.25, -0.2) is 22.8 Å². The molecule has 1 fully saturated rings. The standard InChI is InChI=1S/C34H42ClN5O8S/c1-3-4-5-6-31(42)37(2)14-13-32(43)48-21-30-36-19-27-20-39(34(45)40(27)30)26-11-15-38(16-12-26)33(44)29(41)22-49(46,47)28-10-8-23-17-25(35)9-7-24(23)18-28/h7-10,17-19,26,29,41H,3-6,11-16,20-22H2,1-2H3/t29-/m1/s1. The van der Waals surface area contributed by atoms with Crippen LogP contribution in [0.1, 0.15) is 63.4 Å². The van der Waals surface area contributed by atoms with E-state index in [0.29, 0.717) is 47.7 Å². The second-order valence-corrected chi connectivity index (χ2v) is 15.1. The van der Waals surface area contributed by atoms with Crippen molar-refractivity contribution in [2.45, 2.75) is 82.1 Å². The first-order valence-corrected chi connectivity index (χ1v) is 18.6. The Labute approximate surface area is 290 Å². The summed E-state index contributed by atoms with van der Waals surface area (Å²) in [6.07, 6.45) is 4.02. The third-order valence-corrected chi connectivity index (χ3v) is 11.1. The first-order valence-electron chi connectivity index (χ1n) is 16.5. The second-order valence-electron chi connectivity index (χ2n) is 12.6. The van der Waals surface area contributed by atoms with E-state index in [-0.39, 0.29) is 55.5 Å². The van der Waals surface area contributed by atoms with Crippen LogP contribution < -0.4 is 0 Å². The zero-order chi connectivity index (χ0) is 35.3. The van der Waals surface area contributed by atoms with Crippen LogP contribution >= 0.6 is 11.6 Å². The third kappa shape index (κ3) is 8.60. The molecule has 2 aliphatic rings. The third-order valence-electron chi connectivity index (χ3n) is 9.12. The molecule has 0 unspecified atom stereocenters. The largest absolute Gasteiger partial charge is 0.457 e. The highest BCUT2D eigenvalue weighted by molar-refractivity contribution is 7.91. The van der Waals surface area contributed by atoms with Crippen LogP contribution in [0, 0.1) is 0 Å². The molecule has 13 nitrogen and oxygen atoms in total.